The molecule has 0 aliphatic rings. The number of rotatable bonds is 6. The summed E-state index contributed by atoms with van der Waals surface area (Å²) in [5.74, 6) is 1.17. The van der Waals surface area contributed by atoms with E-state index in [-0.39, 0.29) is 5.91 Å². The number of hydrogen-bond acceptors (Lipinski definition) is 5. The summed E-state index contributed by atoms with van der Waals surface area (Å²) in [6.07, 6.45) is 3.43. The smallest absolute Gasteiger partial charge is 0.221 e. The maximum absolute atomic E-state index is 11.5. The number of amides is 1. The van der Waals surface area contributed by atoms with Gasteiger partial charge in [0.2, 0.25) is 5.91 Å². The maximum Gasteiger partial charge on any atom is 0.221 e. The number of nitrogens with one attached hydrogen (secondary N) is 3. The Labute approximate surface area is 111 Å². The number of carbonyl (C=O) groups is 1. The van der Waals surface area contributed by atoms with E-state index in [9.17, 15) is 4.79 Å². The minimum Gasteiger partial charge on any atom is -0.368 e. The second-order valence-corrected chi connectivity index (χ2v) is 4.70. The van der Waals surface area contributed by atoms with Crippen LogP contribution in [0.1, 0.15) is 20.3 Å². The fraction of sp³-hybridized carbons (Fsp3) is 0.500. The Morgan fingerprint density at radius 3 is 3.00 bits per heavy atom. The van der Waals surface area contributed by atoms with Crippen LogP contribution in [0.4, 0.5) is 5.82 Å². The molecule has 0 saturated carbocycles. The molecule has 2 aromatic heterocycles. The summed E-state index contributed by atoms with van der Waals surface area (Å²) in [5.41, 5.74) is 1.37. The highest BCUT2D eigenvalue weighted by molar-refractivity contribution is 5.82. The van der Waals surface area contributed by atoms with Gasteiger partial charge in [-0.3, -0.25) is 4.79 Å². The van der Waals surface area contributed by atoms with Crippen LogP contribution in [0.25, 0.3) is 11.2 Å². The van der Waals surface area contributed by atoms with Crippen LogP contribution in [0.15, 0.2) is 12.7 Å². The summed E-state index contributed by atoms with van der Waals surface area (Å²) in [5, 5.41) is 5.98. The molecule has 0 aromatic carbocycles. The Hall–Kier alpha value is -2.18. The van der Waals surface area contributed by atoms with Gasteiger partial charge in [-0.15, -0.1) is 0 Å². The van der Waals surface area contributed by atoms with Crippen LogP contribution in [0.2, 0.25) is 0 Å². The molecule has 0 unspecified atom stereocenters. The van der Waals surface area contributed by atoms with Crippen molar-refractivity contribution in [2.75, 3.05) is 18.4 Å². The van der Waals surface area contributed by atoms with E-state index in [1.54, 1.807) is 6.33 Å². The summed E-state index contributed by atoms with van der Waals surface area (Å²) in [6, 6.07) is 0. The standard InChI is InChI=1S/C12H18N6O/c1-8(2)5-14-9(19)3-4-13-11-10-12(16-6-15-10)18-7-17-11/h6-8H,3-5H2,1-2H3,(H,14,19)(H2,13,15,16,17,18). The maximum atomic E-state index is 11.5. The SMILES string of the molecule is CC(C)CNC(=O)CCNc1ncnc2nc[nH]c12. The molecule has 102 valence electrons. The second kappa shape index (κ2) is 6.12. The van der Waals surface area contributed by atoms with Gasteiger partial charge in [0, 0.05) is 19.5 Å². The summed E-state index contributed by atoms with van der Waals surface area (Å²) in [7, 11) is 0. The molecule has 0 saturated heterocycles. The van der Waals surface area contributed by atoms with Gasteiger partial charge in [-0.05, 0) is 5.92 Å². The zero-order valence-corrected chi connectivity index (χ0v) is 11.1. The van der Waals surface area contributed by atoms with Crippen molar-refractivity contribution in [1.29, 1.82) is 0 Å². The van der Waals surface area contributed by atoms with Gasteiger partial charge in [0.15, 0.2) is 11.5 Å². The van der Waals surface area contributed by atoms with Gasteiger partial charge in [0.05, 0.1) is 6.33 Å². The Balaban J connectivity index is 1.82. The minimum atomic E-state index is 0.0381. The topological polar surface area (TPSA) is 95.6 Å². The highest BCUT2D eigenvalue weighted by atomic mass is 16.1. The summed E-state index contributed by atoms with van der Waals surface area (Å²) in [4.78, 5) is 26.7. The quantitative estimate of drug-likeness (QED) is 0.719. The Morgan fingerprint density at radius 2 is 2.21 bits per heavy atom. The van der Waals surface area contributed by atoms with Crippen LogP contribution >= 0.6 is 0 Å². The predicted molar refractivity (Wildman–Crippen MR) is 72.6 cm³/mol. The summed E-state index contributed by atoms with van der Waals surface area (Å²) < 4.78 is 0. The highest BCUT2D eigenvalue weighted by Gasteiger charge is 2.06. The van der Waals surface area contributed by atoms with Gasteiger partial charge >= 0.3 is 0 Å². The van der Waals surface area contributed by atoms with E-state index in [4.69, 9.17) is 0 Å². The third-order valence-corrected chi connectivity index (χ3v) is 2.57. The molecule has 19 heavy (non-hydrogen) atoms. The first kappa shape index (κ1) is 13.3. The van der Waals surface area contributed by atoms with Gasteiger partial charge in [-0.25, -0.2) is 15.0 Å². The van der Waals surface area contributed by atoms with Crippen molar-refractivity contribution in [1.82, 2.24) is 25.3 Å². The molecule has 3 N–H and O–H groups in total. The van der Waals surface area contributed by atoms with Gasteiger partial charge in [-0.2, -0.15) is 0 Å². The molecule has 0 radical (unpaired) electrons. The van der Waals surface area contributed by atoms with Crippen LogP contribution in [-0.2, 0) is 4.79 Å². The number of nitrogens with zero attached hydrogens (tertiary/aromatic N) is 3. The molecular formula is C12H18N6O. The van der Waals surface area contributed by atoms with Crippen molar-refractivity contribution >= 4 is 22.9 Å². The fourth-order valence-electron chi connectivity index (χ4n) is 1.60. The largest absolute Gasteiger partial charge is 0.368 e. The number of fused-ring (bicyclic) bond motifs is 1. The van der Waals surface area contributed by atoms with Crippen molar-refractivity contribution in [2.45, 2.75) is 20.3 Å². The summed E-state index contributed by atoms with van der Waals surface area (Å²) >= 11 is 0. The zero-order valence-electron chi connectivity index (χ0n) is 11.1. The molecule has 1 amide bonds. The van der Waals surface area contributed by atoms with Gasteiger partial charge in [-0.1, -0.05) is 13.8 Å². The van der Waals surface area contributed by atoms with Gasteiger partial charge < -0.3 is 15.6 Å². The van der Waals surface area contributed by atoms with Gasteiger partial charge in [0.1, 0.15) is 11.8 Å². The predicted octanol–water partition coefficient (Wildman–Crippen LogP) is 0.927. The van der Waals surface area contributed by atoms with Crippen LogP contribution in [0, 0.1) is 5.92 Å². The Bertz CT molecular complexity index is 550. The third-order valence-electron chi connectivity index (χ3n) is 2.57. The first-order chi connectivity index (χ1) is 9.16. The van der Waals surface area contributed by atoms with Crippen LogP contribution in [-0.4, -0.2) is 38.9 Å². The summed E-state index contributed by atoms with van der Waals surface area (Å²) in [6.45, 7) is 5.36. The first-order valence-electron chi connectivity index (χ1n) is 6.31. The number of aromatic amines is 1. The number of hydrogen-bond donors (Lipinski definition) is 3. The third kappa shape index (κ3) is 3.64. The van der Waals surface area contributed by atoms with E-state index in [0.29, 0.717) is 36.9 Å². The van der Waals surface area contributed by atoms with E-state index in [0.717, 1.165) is 5.52 Å². The number of carbonyl (C=O) groups excluding carboxylic acids is 1. The lowest BCUT2D eigenvalue weighted by atomic mass is 10.2. The van der Waals surface area contributed by atoms with Crippen molar-refractivity contribution in [2.24, 2.45) is 5.92 Å². The Kier molecular flexibility index (Phi) is 4.27. The molecule has 7 nitrogen and oxygen atoms in total. The Morgan fingerprint density at radius 1 is 1.37 bits per heavy atom. The lowest BCUT2D eigenvalue weighted by Crippen LogP contribution is -2.28. The van der Waals surface area contributed by atoms with Crippen LogP contribution < -0.4 is 10.6 Å². The van der Waals surface area contributed by atoms with E-state index < -0.39 is 0 Å². The van der Waals surface area contributed by atoms with Crippen molar-refractivity contribution in [3.8, 4) is 0 Å². The van der Waals surface area contributed by atoms with E-state index in [1.165, 1.54) is 6.33 Å². The van der Waals surface area contributed by atoms with Crippen molar-refractivity contribution in [3.63, 3.8) is 0 Å². The molecule has 0 atom stereocenters. The lowest BCUT2D eigenvalue weighted by molar-refractivity contribution is -0.120. The lowest BCUT2D eigenvalue weighted by Gasteiger charge is -2.08. The first-order valence-corrected chi connectivity index (χ1v) is 6.31. The molecular weight excluding hydrogens is 244 g/mol. The molecule has 2 aromatic rings. The molecule has 7 heteroatoms. The second-order valence-electron chi connectivity index (χ2n) is 4.70. The van der Waals surface area contributed by atoms with E-state index >= 15 is 0 Å². The number of imidazole rings is 1. The molecule has 0 aliphatic carbocycles. The van der Waals surface area contributed by atoms with Crippen LogP contribution in [0.3, 0.4) is 0 Å². The van der Waals surface area contributed by atoms with Crippen LogP contribution in [0.5, 0.6) is 0 Å². The highest BCUT2D eigenvalue weighted by Crippen LogP contribution is 2.13. The molecule has 0 fully saturated rings. The number of H-pyrrole nitrogens is 1. The normalized spacial score (nSPS) is 10.9. The molecule has 0 bridgehead atoms. The zero-order chi connectivity index (χ0) is 13.7. The average Bonchev–Trinajstić information content (AvgIpc) is 2.85. The van der Waals surface area contributed by atoms with Crippen molar-refractivity contribution < 1.29 is 4.79 Å². The molecule has 0 spiro atoms. The monoisotopic (exact) mass is 262 g/mol. The van der Waals surface area contributed by atoms with Gasteiger partial charge in [0.25, 0.3) is 0 Å². The molecule has 2 rings (SSSR count). The molecule has 0 aliphatic heterocycles. The average molecular weight is 262 g/mol. The number of anilines is 1. The fourth-order valence-corrected chi connectivity index (χ4v) is 1.60. The number of aromatic nitrogens is 4. The minimum absolute atomic E-state index is 0.0381. The van der Waals surface area contributed by atoms with E-state index in [2.05, 4.69) is 44.4 Å². The van der Waals surface area contributed by atoms with E-state index in [1.807, 2.05) is 0 Å². The van der Waals surface area contributed by atoms with Crippen molar-refractivity contribution in [3.05, 3.63) is 12.7 Å². The molecule has 2 heterocycles.